The Morgan fingerprint density at radius 2 is 2.00 bits per heavy atom. The Kier molecular flexibility index (Phi) is 5.51. The van der Waals surface area contributed by atoms with E-state index in [-0.39, 0.29) is 24.7 Å². The molecule has 182 valence electrons. The summed E-state index contributed by atoms with van der Waals surface area (Å²) in [5.41, 5.74) is 7.03. The lowest BCUT2D eigenvalue weighted by Gasteiger charge is -2.50. The Morgan fingerprint density at radius 1 is 1.24 bits per heavy atom. The minimum atomic E-state index is -5.23. The molecule has 1 saturated carbocycles. The van der Waals surface area contributed by atoms with E-state index in [1.54, 1.807) is 25.6 Å². The van der Waals surface area contributed by atoms with Crippen molar-refractivity contribution >= 4 is 5.97 Å². The Labute approximate surface area is 192 Å². The third-order valence-corrected chi connectivity index (χ3v) is 6.72. The summed E-state index contributed by atoms with van der Waals surface area (Å²) in [6.45, 7) is -0.142. The van der Waals surface area contributed by atoms with E-state index in [1.807, 2.05) is 12.1 Å². The van der Waals surface area contributed by atoms with Crippen LogP contribution in [0.4, 0.5) is 13.2 Å². The molecule has 2 unspecified atom stereocenters. The smallest absolute Gasteiger partial charge is 0.490 e. The fourth-order valence-electron chi connectivity index (χ4n) is 5.15. The zero-order chi connectivity index (χ0) is 24.1. The van der Waals surface area contributed by atoms with Crippen LogP contribution >= 0.6 is 0 Å². The Hall–Kier alpha value is -2.80. The summed E-state index contributed by atoms with van der Waals surface area (Å²) < 4.78 is 60.6. The van der Waals surface area contributed by atoms with Gasteiger partial charge >= 0.3 is 18.2 Å². The highest BCUT2D eigenvalue weighted by Gasteiger charge is 2.61. The summed E-state index contributed by atoms with van der Waals surface area (Å²) in [6.07, 6.45) is 1.10. The van der Waals surface area contributed by atoms with E-state index in [0.717, 1.165) is 17.5 Å². The molecule has 5 atom stereocenters. The molecule has 3 heterocycles. The average Bonchev–Trinajstić information content (AvgIpc) is 3.16. The van der Waals surface area contributed by atoms with Crippen LogP contribution in [0.3, 0.4) is 0 Å². The second-order valence-electron chi connectivity index (χ2n) is 8.71. The van der Waals surface area contributed by atoms with Crippen molar-refractivity contribution in [1.82, 2.24) is 15.3 Å². The van der Waals surface area contributed by atoms with Gasteiger partial charge in [-0.2, -0.15) is 13.2 Å². The largest absolute Gasteiger partial charge is 0.491 e. The summed E-state index contributed by atoms with van der Waals surface area (Å²) in [6, 6.07) is 3.01. The molecule has 1 saturated heterocycles. The normalized spacial score (nSPS) is 32.6. The maximum Gasteiger partial charge on any atom is 0.491 e. The number of fused-ring (bicyclic) bond motifs is 4. The van der Waals surface area contributed by atoms with Gasteiger partial charge in [-0.1, -0.05) is 6.07 Å². The molecule has 2 aliphatic heterocycles. The first kappa shape index (κ1) is 23.0. The number of esters is 1. The van der Waals surface area contributed by atoms with Crippen molar-refractivity contribution in [2.24, 2.45) is 11.7 Å². The van der Waals surface area contributed by atoms with Gasteiger partial charge in [0.2, 0.25) is 0 Å². The molecule has 3 aliphatic rings. The molecule has 5 rings (SSSR count). The number of aromatic nitrogens is 2. The van der Waals surface area contributed by atoms with Crippen LogP contribution in [-0.2, 0) is 24.5 Å². The van der Waals surface area contributed by atoms with Crippen molar-refractivity contribution < 1.29 is 36.9 Å². The molecule has 1 aromatic heterocycles. The number of nitrogens with two attached hydrogens (primary N) is 1. The molecule has 1 aliphatic carbocycles. The highest BCUT2D eigenvalue weighted by molar-refractivity contribution is 5.76. The number of nitrogens with one attached hydrogen (secondary N) is 1. The minimum absolute atomic E-state index is 0.0821. The van der Waals surface area contributed by atoms with E-state index >= 15 is 0 Å². The predicted molar refractivity (Wildman–Crippen MR) is 110 cm³/mol. The molecule has 9 nitrogen and oxygen atoms in total. The molecule has 1 spiro atoms. The molecule has 3 N–H and O–H groups in total. The van der Waals surface area contributed by atoms with Gasteiger partial charge in [-0.3, -0.25) is 5.73 Å². The van der Waals surface area contributed by atoms with Crippen molar-refractivity contribution in [1.29, 1.82) is 0 Å². The Bertz CT molecular complexity index is 1090. The topological polar surface area (TPSA) is 118 Å². The lowest BCUT2D eigenvalue weighted by atomic mass is 9.67. The van der Waals surface area contributed by atoms with E-state index in [2.05, 4.69) is 20.0 Å². The van der Waals surface area contributed by atoms with Crippen LogP contribution in [0.2, 0.25) is 0 Å². The molecule has 0 bridgehead atoms. The van der Waals surface area contributed by atoms with Crippen molar-refractivity contribution in [3.8, 4) is 16.9 Å². The number of hydrogen-bond donors (Lipinski definition) is 2. The third-order valence-electron chi connectivity index (χ3n) is 6.72. The average molecular weight is 480 g/mol. The van der Waals surface area contributed by atoms with Crippen LogP contribution in [0, 0.1) is 5.92 Å². The quantitative estimate of drug-likeness (QED) is 0.504. The highest BCUT2D eigenvalue weighted by atomic mass is 19.4. The minimum Gasteiger partial charge on any atom is -0.490 e. The van der Waals surface area contributed by atoms with Gasteiger partial charge in [-0.25, -0.2) is 20.1 Å². The van der Waals surface area contributed by atoms with Crippen LogP contribution in [0.25, 0.3) is 11.1 Å². The van der Waals surface area contributed by atoms with E-state index in [1.165, 1.54) is 6.33 Å². The maximum absolute atomic E-state index is 12.9. The monoisotopic (exact) mass is 480 g/mol. The number of carbonyl (C=O) groups is 1. The summed E-state index contributed by atoms with van der Waals surface area (Å²) in [7, 11) is 1.61. The van der Waals surface area contributed by atoms with Crippen LogP contribution in [0.1, 0.15) is 24.8 Å². The van der Waals surface area contributed by atoms with Crippen LogP contribution in [0.5, 0.6) is 5.75 Å². The maximum atomic E-state index is 12.9. The van der Waals surface area contributed by atoms with Gasteiger partial charge in [0.05, 0.1) is 18.2 Å². The first-order valence-electron chi connectivity index (χ1n) is 10.8. The molecule has 34 heavy (non-hydrogen) atoms. The number of benzene rings is 1. The van der Waals surface area contributed by atoms with E-state index in [9.17, 15) is 18.0 Å². The molecule has 12 heteroatoms. The number of nitrogens with zero attached hydrogens (tertiary/aromatic N) is 2. The first-order chi connectivity index (χ1) is 16.1. The van der Waals surface area contributed by atoms with E-state index in [4.69, 9.17) is 19.9 Å². The molecule has 2 fully saturated rings. The number of alkyl halides is 3. The highest BCUT2D eigenvalue weighted by Crippen LogP contribution is 2.52. The van der Waals surface area contributed by atoms with Crippen molar-refractivity contribution in [3.05, 3.63) is 42.5 Å². The van der Waals surface area contributed by atoms with Crippen molar-refractivity contribution in [2.75, 3.05) is 13.7 Å². The number of halogens is 3. The van der Waals surface area contributed by atoms with Gasteiger partial charge in [0, 0.05) is 36.5 Å². The third kappa shape index (κ3) is 3.90. The number of carbonyl (C=O) groups excluding carboxylic acids is 1. The van der Waals surface area contributed by atoms with Crippen LogP contribution in [-0.4, -0.2) is 54.1 Å². The van der Waals surface area contributed by atoms with Gasteiger partial charge < -0.3 is 18.9 Å². The fraction of sp³-hybridized carbons (Fsp3) is 0.500. The lowest BCUT2D eigenvalue weighted by molar-refractivity contribution is -0.254. The second kappa shape index (κ2) is 8.15. The van der Waals surface area contributed by atoms with Gasteiger partial charge in [0.15, 0.2) is 0 Å². The Balaban J connectivity index is 1.58. The summed E-state index contributed by atoms with van der Waals surface area (Å²) in [5, 5.41) is 2.91. The van der Waals surface area contributed by atoms with Gasteiger partial charge in [0.25, 0.3) is 0 Å². The number of hydrogen-bond acceptors (Lipinski definition) is 9. The summed E-state index contributed by atoms with van der Waals surface area (Å²) in [4.78, 5) is 19.6. The van der Waals surface area contributed by atoms with Crippen LogP contribution < -0.4 is 15.8 Å². The molecule has 0 radical (unpaired) electrons. The van der Waals surface area contributed by atoms with E-state index < -0.39 is 23.7 Å². The predicted octanol–water partition coefficient (Wildman–Crippen LogP) is 2.21. The zero-order valence-electron chi connectivity index (χ0n) is 18.2. The number of methoxy groups -OCH3 is 1. The van der Waals surface area contributed by atoms with E-state index in [0.29, 0.717) is 24.2 Å². The van der Waals surface area contributed by atoms with Gasteiger partial charge in [-0.05, 0) is 37.0 Å². The molecule has 2 aromatic rings. The first-order valence-corrected chi connectivity index (χ1v) is 10.8. The Morgan fingerprint density at radius 3 is 2.71 bits per heavy atom. The summed E-state index contributed by atoms with van der Waals surface area (Å²) >= 11 is 0. The molecular formula is C22H23F3N4O5. The number of rotatable bonds is 3. The molecule has 0 amide bonds. The SMILES string of the molecule is CO[C@@H]1CC[C@@H]2Oc3ccc(-c4cncnc4)cc3C3(COC(N)(OC(=O)C(F)(F)F)N3)[C@H]2C1. The lowest BCUT2D eigenvalue weighted by Crippen LogP contribution is -2.64. The van der Waals surface area contributed by atoms with Gasteiger partial charge in [0.1, 0.15) is 18.2 Å². The molecular weight excluding hydrogens is 457 g/mol. The fourth-order valence-corrected chi connectivity index (χ4v) is 5.15. The second-order valence-corrected chi connectivity index (χ2v) is 8.71. The van der Waals surface area contributed by atoms with Crippen LogP contribution in [0.15, 0.2) is 36.9 Å². The van der Waals surface area contributed by atoms with Gasteiger partial charge in [-0.15, -0.1) is 0 Å². The standard InChI is InChI=1S/C22H23F3N4O5/c1-31-14-3-5-18-16(7-14)20(10-32-22(26,29-20)34-19(30)21(23,24)25)15-6-12(2-4-17(15)33-18)13-8-27-11-28-9-13/h2,4,6,8-9,11,14,16,18,29H,3,5,7,10,26H2,1H3/t14-,16+,18+,20?,22?/m1/s1. The summed E-state index contributed by atoms with van der Waals surface area (Å²) in [5.74, 6) is -2.19. The van der Waals surface area contributed by atoms with Crippen molar-refractivity contribution in [3.63, 3.8) is 0 Å². The van der Waals surface area contributed by atoms with Crippen molar-refractivity contribution in [2.45, 2.75) is 49.2 Å². The zero-order valence-corrected chi connectivity index (χ0v) is 18.2. The number of ether oxygens (including phenoxy) is 4. The molecule has 1 aromatic carbocycles.